The molecule has 8 rings (SSSR count). The highest BCUT2D eigenvalue weighted by Gasteiger charge is 2.49. The van der Waals surface area contributed by atoms with Crippen molar-refractivity contribution in [2.45, 2.75) is 43.5 Å². The van der Waals surface area contributed by atoms with Crippen LogP contribution in [0.5, 0.6) is 11.8 Å². The van der Waals surface area contributed by atoms with Gasteiger partial charge in [-0.25, -0.2) is 23.1 Å². The number of hydrogen-bond donors (Lipinski definition) is 2. The Balaban J connectivity index is 1.20. The average Bonchev–Trinajstić information content (AvgIpc) is 3.80. The molecule has 244 valence electrons. The summed E-state index contributed by atoms with van der Waals surface area (Å²) in [5.41, 5.74) is 1.54. The predicted molar refractivity (Wildman–Crippen MR) is 176 cm³/mol. The first-order valence-corrected chi connectivity index (χ1v) is 16.1. The van der Waals surface area contributed by atoms with E-state index < -0.39 is 23.3 Å². The van der Waals surface area contributed by atoms with Crippen LogP contribution >= 0.6 is 0 Å². The number of epoxide rings is 1. The monoisotopic (exact) mass is 651 g/mol. The topological polar surface area (TPSA) is 95.9 Å². The fraction of sp³-hybridized carbons (Fsp3) is 0.324. The number of pyridine rings is 1. The quantitative estimate of drug-likeness (QED) is 0.138. The standard InChI is InChI=1S/C37H32F3N5O3/c1-2-26-29(39)8-7-23-14-25(46)15-27(31(23)26)33-32(40)34-28(35(43-33)41-11-9-21-5-3-6-22(13-21)30-19-47-30)17-42-36(44-34)48-20-37-10-4-12-45(37)18-24(38)16-37/h1,3,5-8,13-15,17,24,30,46H,4,9-12,16,18-20H2,(H,41,43)/t24-,30?,37+/m1/s1. The number of rotatable bonds is 9. The number of phenolic OH excluding ortho intramolecular Hbond substituents is 1. The van der Waals surface area contributed by atoms with Crippen LogP contribution in [0.4, 0.5) is 19.0 Å². The van der Waals surface area contributed by atoms with Gasteiger partial charge >= 0.3 is 6.01 Å². The van der Waals surface area contributed by atoms with Crippen molar-refractivity contribution in [1.29, 1.82) is 0 Å². The number of terminal acetylenes is 1. The second kappa shape index (κ2) is 12.0. The Kier molecular flexibility index (Phi) is 7.57. The summed E-state index contributed by atoms with van der Waals surface area (Å²) in [7, 11) is 0. The van der Waals surface area contributed by atoms with Gasteiger partial charge in [0.1, 0.15) is 47.5 Å². The van der Waals surface area contributed by atoms with E-state index in [2.05, 4.69) is 37.2 Å². The Hall–Kier alpha value is -4.92. The molecule has 0 amide bonds. The lowest BCUT2D eigenvalue weighted by Gasteiger charge is -2.30. The summed E-state index contributed by atoms with van der Waals surface area (Å²) in [5, 5.41) is 14.9. The Morgan fingerprint density at radius 2 is 2.04 bits per heavy atom. The van der Waals surface area contributed by atoms with Gasteiger partial charge in [-0.15, -0.1) is 6.42 Å². The van der Waals surface area contributed by atoms with E-state index in [1.807, 2.05) is 18.2 Å². The number of fused-ring (bicyclic) bond motifs is 3. The number of alkyl halides is 1. The van der Waals surface area contributed by atoms with E-state index in [-0.39, 0.29) is 52.2 Å². The van der Waals surface area contributed by atoms with E-state index in [0.717, 1.165) is 30.5 Å². The number of phenols is 1. The highest BCUT2D eigenvalue weighted by molar-refractivity contribution is 6.03. The zero-order chi connectivity index (χ0) is 33.0. The number of hydrogen-bond acceptors (Lipinski definition) is 8. The smallest absolute Gasteiger partial charge is 0.317 e. The normalized spacial score (nSPS) is 21.8. The van der Waals surface area contributed by atoms with Gasteiger partial charge in [-0.1, -0.05) is 36.3 Å². The third-order valence-corrected chi connectivity index (χ3v) is 9.71. The molecule has 48 heavy (non-hydrogen) atoms. The fourth-order valence-electron chi connectivity index (χ4n) is 7.34. The summed E-state index contributed by atoms with van der Waals surface area (Å²) < 4.78 is 57.5. The van der Waals surface area contributed by atoms with E-state index in [1.54, 1.807) is 0 Å². The first-order valence-electron chi connectivity index (χ1n) is 16.1. The summed E-state index contributed by atoms with van der Waals surface area (Å²) in [4.78, 5) is 15.7. The van der Waals surface area contributed by atoms with Gasteiger partial charge in [0, 0.05) is 36.7 Å². The van der Waals surface area contributed by atoms with E-state index in [4.69, 9.17) is 15.9 Å². The number of benzene rings is 3. The fourth-order valence-corrected chi connectivity index (χ4v) is 7.34. The SMILES string of the molecule is C#Cc1c(F)ccc2cc(O)cc(-c3nc(NCCc4cccc(C5CO5)c4)c4cnc(OC[C@@]56CCCN5C[C@H](F)C6)nc4c3F)c12. The zero-order valence-corrected chi connectivity index (χ0v) is 26.0. The van der Waals surface area contributed by atoms with Crippen molar-refractivity contribution in [2.75, 3.05) is 38.2 Å². The molecule has 3 saturated heterocycles. The van der Waals surface area contributed by atoms with Gasteiger partial charge in [0.05, 0.1) is 23.1 Å². The van der Waals surface area contributed by atoms with Crippen LogP contribution in [0, 0.1) is 24.0 Å². The van der Waals surface area contributed by atoms with Crippen molar-refractivity contribution in [1.82, 2.24) is 19.9 Å². The van der Waals surface area contributed by atoms with Crippen LogP contribution in [0.3, 0.4) is 0 Å². The average molecular weight is 652 g/mol. The van der Waals surface area contributed by atoms with Crippen molar-refractivity contribution >= 4 is 27.5 Å². The van der Waals surface area contributed by atoms with Crippen molar-refractivity contribution in [2.24, 2.45) is 0 Å². The molecule has 2 N–H and O–H groups in total. The van der Waals surface area contributed by atoms with Gasteiger partial charge < -0.3 is 19.9 Å². The molecule has 11 heteroatoms. The van der Waals surface area contributed by atoms with E-state index in [1.165, 1.54) is 30.5 Å². The van der Waals surface area contributed by atoms with E-state index in [9.17, 15) is 13.9 Å². The van der Waals surface area contributed by atoms with Crippen molar-refractivity contribution < 1.29 is 27.8 Å². The predicted octanol–water partition coefficient (Wildman–Crippen LogP) is 6.49. The van der Waals surface area contributed by atoms with Crippen LogP contribution in [0.1, 0.15) is 42.1 Å². The minimum Gasteiger partial charge on any atom is -0.508 e. The number of halogens is 3. The minimum atomic E-state index is -0.925. The molecule has 0 bridgehead atoms. The molecule has 5 heterocycles. The number of ether oxygens (including phenoxy) is 2. The lowest BCUT2D eigenvalue weighted by atomic mass is 9.95. The van der Waals surface area contributed by atoms with E-state index >= 15 is 4.39 Å². The van der Waals surface area contributed by atoms with Gasteiger partial charge in [0.15, 0.2) is 5.82 Å². The van der Waals surface area contributed by atoms with Crippen LogP contribution in [-0.2, 0) is 11.2 Å². The van der Waals surface area contributed by atoms with Crippen LogP contribution in [0.15, 0.2) is 54.7 Å². The first kappa shape index (κ1) is 30.4. The molecule has 3 aliphatic rings. The molecule has 5 aromatic rings. The number of aromatic hydroxyl groups is 1. The Morgan fingerprint density at radius 1 is 1.17 bits per heavy atom. The van der Waals surface area contributed by atoms with Crippen LogP contribution < -0.4 is 10.1 Å². The van der Waals surface area contributed by atoms with Crippen LogP contribution in [-0.4, -0.2) is 69.5 Å². The summed E-state index contributed by atoms with van der Waals surface area (Å²) >= 11 is 0. The van der Waals surface area contributed by atoms with Crippen molar-refractivity contribution in [3.05, 3.63) is 83.1 Å². The lowest BCUT2D eigenvalue weighted by molar-refractivity contribution is 0.107. The highest BCUT2D eigenvalue weighted by Crippen LogP contribution is 2.41. The number of nitrogens with one attached hydrogen (secondary N) is 1. The Morgan fingerprint density at radius 3 is 2.88 bits per heavy atom. The zero-order valence-electron chi connectivity index (χ0n) is 26.0. The number of nitrogens with zero attached hydrogens (tertiary/aromatic N) is 4. The van der Waals surface area contributed by atoms with Gasteiger partial charge in [-0.2, -0.15) is 4.98 Å². The summed E-state index contributed by atoms with van der Waals surface area (Å²) in [5.74, 6) is 1.03. The summed E-state index contributed by atoms with van der Waals surface area (Å²) in [6.07, 6.45) is 9.12. The van der Waals surface area contributed by atoms with Crippen molar-refractivity contribution in [3.8, 4) is 35.4 Å². The summed E-state index contributed by atoms with van der Waals surface area (Å²) in [6.45, 7) is 2.51. The molecule has 2 aromatic heterocycles. The molecule has 0 aliphatic carbocycles. The lowest BCUT2D eigenvalue weighted by Crippen LogP contribution is -2.43. The largest absolute Gasteiger partial charge is 0.508 e. The molecule has 3 aromatic carbocycles. The van der Waals surface area contributed by atoms with Crippen LogP contribution in [0.25, 0.3) is 32.9 Å². The molecular weight excluding hydrogens is 619 g/mol. The molecular formula is C37H32F3N5O3. The van der Waals surface area contributed by atoms with Gasteiger partial charge in [0.2, 0.25) is 0 Å². The maximum Gasteiger partial charge on any atom is 0.317 e. The second-order valence-electron chi connectivity index (χ2n) is 12.8. The number of anilines is 1. The van der Waals surface area contributed by atoms with Gasteiger partial charge in [0.25, 0.3) is 0 Å². The third-order valence-electron chi connectivity index (χ3n) is 9.71. The molecule has 3 fully saturated rings. The molecule has 0 spiro atoms. The molecule has 1 unspecified atom stereocenters. The van der Waals surface area contributed by atoms with Crippen molar-refractivity contribution in [3.63, 3.8) is 0 Å². The Bertz CT molecular complexity index is 2120. The third kappa shape index (κ3) is 5.45. The maximum absolute atomic E-state index is 16.7. The number of aromatic nitrogens is 3. The molecule has 8 nitrogen and oxygen atoms in total. The maximum atomic E-state index is 16.7. The van der Waals surface area contributed by atoms with Gasteiger partial charge in [-0.3, -0.25) is 4.90 Å². The highest BCUT2D eigenvalue weighted by atomic mass is 19.1. The molecule has 0 saturated carbocycles. The Labute approximate surface area is 274 Å². The molecule has 0 radical (unpaired) electrons. The van der Waals surface area contributed by atoms with E-state index in [0.29, 0.717) is 49.1 Å². The molecule has 3 atom stereocenters. The van der Waals surface area contributed by atoms with Gasteiger partial charge in [-0.05, 0) is 60.5 Å². The summed E-state index contributed by atoms with van der Waals surface area (Å²) in [6, 6.07) is 13.5. The first-order chi connectivity index (χ1) is 23.3. The van der Waals surface area contributed by atoms with Crippen LogP contribution in [0.2, 0.25) is 0 Å². The molecule has 3 aliphatic heterocycles. The second-order valence-corrected chi connectivity index (χ2v) is 12.8. The minimum absolute atomic E-state index is 0.0525.